The Kier molecular flexibility index (Phi) is 2.26. The Bertz CT molecular complexity index is 646. The van der Waals surface area contributed by atoms with Gasteiger partial charge in [0.2, 0.25) is 5.88 Å². The molecular weight excluding hydrogens is 214 g/mol. The van der Waals surface area contributed by atoms with Crippen LogP contribution in [0.1, 0.15) is 11.3 Å². The molecule has 0 aliphatic heterocycles. The van der Waals surface area contributed by atoms with E-state index in [2.05, 4.69) is 9.97 Å². The van der Waals surface area contributed by atoms with Crippen LogP contribution in [0.15, 0.2) is 48.9 Å². The van der Waals surface area contributed by atoms with E-state index in [1.165, 1.54) is 0 Å². The molecule has 1 N–H and O–H groups in total. The number of nitrogens with zero attached hydrogens (tertiary/aromatic N) is 3. The van der Waals surface area contributed by atoms with Gasteiger partial charge in [-0.3, -0.25) is 9.38 Å². The fourth-order valence-electron chi connectivity index (χ4n) is 1.85. The normalized spacial score (nSPS) is 10.8. The van der Waals surface area contributed by atoms with E-state index in [0.29, 0.717) is 17.8 Å². The largest absolute Gasteiger partial charge is 0.493 e. The van der Waals surface area contributed by atoms with E-state index >= 15 is 0 Å². The molecule has 3 rings (SSSR count). The maximum Gasteiger partial charge on any atom is 0.219 e. The first-order valence-electron chi connectivity index (χ1n) is 5.38. The van der Waals surface area contributed by atoms with Crippen molar-refractivity contribution in [3.8, 4) is 5.88 Å². The first kappa shape index (κ1) is 9.84. The van der Waals surface area contributed by atoms with Gasteiger partial charge in [-0.05, 0) is 5.56 Å². The highest BCUT2D eigenvalue weighted by atomic mass is 16.3. The van der Waals surface area contributed by atoms with E-state index in [9.17, 15) is 5.11 Å². The third kappa shape index (κ3) is 1.73. The Labute approximate surface area is 98.2 Å². The molecule has 0 fully saturated rings. The van der Waals surface area contributed by atoms with Gasteiger partial charge < -0.3 is 5.11 Å². The van der Waals surface area contributed by atoms with Gasteiger partial charge in [0.15, 0.2) is 5.65 Å². The summed E-state index contributed by atoms with van der Waals surface area (Å²) in [5.41, 5.74) is 2.46. The molecule has 4 heteroatoms. The first-order valence-corrected chi connectivity index (χ1v) is 5.38. The summed E-state index contributed by atoms with van der Waals surface area (Å²) in [6, 6.07) is 9.95. The van der Waals surface area contributed by atoms with E-state index in [1.54, 1.807) is 23.0 Å². The Morgan fingerprint density at radius 2 is 2.00 bits per heavy atom. The summed E-state index contributed by atoms with van der Waals surface area (Å²) in [5.74, 6) is 0.186. The second-order valence-corrected chi connectivity index (χ2v) is 3.85. The van der Waals surface area contributed by atoms with Crippen LogP contribution < -0.4 is 0 Å². The molecule has 0 saturated heterocycles. The molecule has 0 atom stereocenters. The highest BCUT2D eigenvalue weighted by molar-refractivity contribution is 5.44. The summed E-state index contributed by atoms with van der Waals surface area (Å²) in [4.78, 5) is 8.34. The van der Waals surface area contributed by atoms with Gasteiger partial charge >= 0.3 is 0 Å². The van der Waals surface area contributed by atoms with Crippen LogP contribution in [0.4, 0.5) is 0 Å². The minimum Gasteiger partial charge on any atom is -0.493 e. The number of imidazole rings is 1. The number of benzene rings is 1. The highest BCUT2D eigenvalue weighted by Gasteiger charge is 2.10. The summed E-state index contributed by atoms with van der Waals surface area (Å²) in [5, 5.41) is 10.0. The van der Waals surface area contributed by atoms with Crippen molar-refractivity contribution in [3.63, 3.8) is 0 Å². The lowest BCUT2D eigenvalue weighted by Crippen LogP contribution is -1.88. The van der Waals surface area contributed by atoms with Crippen molar-refractivity contribution in [1.82, 2.24) is 14.4 Å². The predicted octanol–water partition coefficient (Wildman–Crippen LogP) is 2.03. The maximum atomic E-state index is 10.0. The van der Waals surface area contributed by atoms with Crippen LogP contribution in [0.25, 0.3) is 5.65 Å². The zero-order chi connectivity index (χ0) is 11.7. The molecule has 0 unspecified atom stereocenters. The quantitative estimate of drug-likeness (QED) is 0.726. The molecule has 3 aromatic rings. The molecule has 0 saturated carbocycles. The van der Waals surface area contributed by atoms with Crippen molar-refractivity contribution in [2.75, 3.05) is 0 Å². The second kappa shape index (κ2) is 3.90. The molecule has 0 bridgehead atoms. The number of aromatic nitrogens is 3. The van der Waals surface area contributed by atoms with Crippen LogP contribution in [0, 0.1) is 0 Å². The Hall–Kier alpha value is -2.36. The SMILES string of the molecule is Oc1c(Cc2ccccc2)nc2cnccn12. The minimum absolute atomic E-state index is 0.186. The molecule has 2 aromatic heterocycles. The van der Waals surface area contributed by atoms with Gasteiger partial charge in [-0.1, -0.05) is 30.3 Å². The van der Waals surface area contributed by atoms with Crippen molar-refractivity contribution in [2.45, 2.75) is 6.42 Å². The van der Waals surface area contributed by atoms with Gasteiger partial charge in [-0.15, -0.1) is 0 Å². The summed E-state index contributed by atoms with van der Waals surface area (Å²) >= 11 is 0. The van der Waals surface area contributed by atoms with E-state index < -0.39 is 0 Å². The highest BCUT2D eigenvalue weighted by Crippen LogP contribution is 2.21. The molecule has 0 aliphatic rings. The number of hydrogen-bond acceptors (Lipinski definition) is 3. The molecule has 0 spiro atoms. The molecule has 17 heavy (non-hydrogen) atoms. The van der Waals surface area contributed by atoms with Crippen molar-refractivity contribution >= 4 is 5.65 Å². The zero-order valence-corrected chi connectivity index (χ0v) is 9.11. The molecule has 4 nitrogen and oxygen atoms in total. The average Bonchev–Trinajstić information content (AvgIpc) is 2.68. The van der Waals surface area contributed by atoms with Crippen LogP contribution >= 0.6 is 0 Å². The monoisotopic (exact) mass is 225 g/mol. The molecule has 0 radical (unpaired) electrons. The number of aromatic hydroxyl groups is 1. The first-order chi connectivity index (χ1) is 8.34. The van der Waals surface area contributed by atoms with Gasteiger partial charge in [0.1, 0.15) is 5.69 Å². The van der Waals surface area contributed by atoms with E-state index in [4.69, 9.17) is 0 Å². The summed E-state index contributed by atoms with van der Waals surface area (Å²) < 4.78 is 1.63. The fraction of sp³-hybridized carbons (Fsp3) is 0.0769. The topological polar surface area (TPSA) is 50.4 Å². The Balaban J connectivity index is 2.04. The van der Waals surface area contributed by atoms with Crippen molar-refractivity contribution in [2.24, 2.45) is 0 Å². The van der Waals surface area contributed by atoms with Crippen LogP contribution in [0.5, 0.6) is 5.88 Å². The summed E-state index contributed by atoms with van der Waals surface area (Å²) in [6.07, 6.45) is 5.58. The molecule has 2 heterocycles. The van der Waals surface area contributed by atoms with Gasteiger partial charge in [-0.2, -0.15) is 0 Å². The number of hydrogen-bond donors (Lipinski definition) is 1. The van der Waals surface area contributed by atoms with E-state index in [-0.39, 0.29) is 5.88 Å². The van der Waals surface area contributed by atoms with Crippen LogP contribution in [0.3, 0.4) is 0 Å². The zero-order valence-electron chi connectivity index (χ0n) is 9.11. The van der Waals surface area contributed by atoms with Crippen LogP contribution in [-0.2, 0) is 6.42 Å². The average molecular weight is 225 g/mol. The number of rotatable bonds is 2. The molecule has 0 amide bonds. The minimum atomic E-state index is 0.186. The van der Waals surface area contributed by atoms with Crippen molar-refractivity contribution < 1.29 is 5.11 Å². The van der Waals surface area contributed by atoms with Gasteiger partial charge in [0.25, 0.3) is 0 Å². The van der Waals surface area contributed by atoms with Gasteiger partial charge in [-0.25, -0.2) is 4.98 Å². The standard InChI is InChI=1S/C13H11N3O/c17-13-11(8-10-4-2-1-3-5-10)15-12-9-14-6-7-16(12)13/h1-7,9,17H,8H2. The molecule has 84 valence electrons. The maximum absolute atomic E-state index is 10.0. The van der Waals surface area contributed by atoms with E-state index in [0.717, 1.165) is 5.56 Å². The third-order valence-corrected chi connectivity index (χ3v) is 2.69. The van der Waals surface area contributed by atoms with Crippen molar-refractivity contribution in [3.05, 3.63) is 60.2 Å². The summed E-state index contributed by atoms with van der Waals surface area (Å²) in [7, 11) is 0. The fourth-order valence-corrected chi connectivity index (χ4v) is 1.85. The smallest absolute Gasteiger partial charge is 0.219 e. The van der Waals surface area contributed by atoms with Crippen molar-refractivity contribution in [1.29, 1.82) is 0 Å². The number of fused-ring (bicyclic) bond motifs is 1. The summed E-state index contributed by atoms with van der Waals surface area (Å²) in [6.45, 7) is 0. The predicted molar refractivity (Wildman–Crippen MR) is 63.9 cm³/mol. The Morgan fingerprint density at radius 3 is 2.76 bits per heavy atom. The molecular formula is C13H11N3O. The van der Waals surface area contributed by atoms with Crippen LogP contribution in [0.2, 0.25) is 0 Å². The molecule has 0 aliphatic carbocycles. The lowest BCUT2D eigenvalue weighted by Gasteiger charge is -1.98. The lowest BCUT2D eigenvalue weighted by atomic mass is 10.1. The van der Waals surface area contributed by atoms with Gasteiger partial charge in [0, 0.05) is 18.8 Å². The third-order valence-electron chi connectivity index (χ3n) is 2.69. The lowest BCUT2D eigenvalue weighted by molar-refractivity contribution is 0.442. The second-order valence-electron chi connectivity index (χ2n) is 3.85. The molecule has 1 aromatic carbocycles. The van der Waals surface area contributed by atoms with Gasteiger partial charge in [0.05, 0.1) is 6.20 Å². The Morgan fingerprint density at radius 1 is 1.18 bits per heavy atom. The van der Waals surface area contributed by atoms with Crippen LogP contribution in [-0.4, -0.2) is 19.5 Å². The van der Waals surface area contributed by atoms with E-state index in [1.807, 2.05) is 30.3 Å².